The van der Waals surface area contributed by atoms with Crippen molar-refractivity contribution >= 4 is 17.3 Å². The van der Waals surface area contributed by atoms with E-state index in [1.54, 1.807) is 29.2 Å². The maximum atomic E-state index is 13.4. The molecule has 0 saturated carbocycles. The van der Waals surface area contributed by atoms with E-state index < -0.39 is 0 Å². The van der Waals surface area contributed by atoms with E-state index >= 15 is 0 Å². The molecule has 6 nitrogen and oxygen atoms in total. The Hall–Kier alpha value is -3.56. The fourth-order valence-electron chi connectivity index (χ4n) is 3.88. The highest BCUT2D eigenvalue weighted by molar-refractivity contribution is 6.04. The maximum Gasteiger partial charge on any atom is 0.293 e. The van der Waals surface area contributed by atoms with Crippen molar-refractivity contribution < 1.29 is 9.21 Å². The van der Waals surface area contributed by atoms with Crippen LogP contribution in [-0.2, 0) is 0 Å². The summed E-state index contributed by atoms with van der Waals surface area (Å²) in [6, 6.07) is 21.0. The summed E-state index contributed by atoms with van der Waals surface area (Å²) in [5.41, 5.74) is 3.48. The third-order valence-corrected chi connectivity index (χ3v) is 5.74. The summed E-state index contributed by atoms with van der Waals surface area (Å²) >= 11 is 0. The zero-order valence-corrected chi connectivity index (χ0v) is 18.4. The molecule has 164 valence electrons. The molecular formula is C26H28N4O2. The number of piperazine rings is 1. The monoisotopic (exact) mass is 428 g/mol. The SMILES string of the molecule is CCCCN(C(=O)c1ccc(-c2ccc(C#N)cc2)o1)c1ccc(N2CCNCC2)cc1. The van der Waals surface area contributed by atoms with E-state index in [1.807, 2.05) is 24.3 Å². The van der Waals surface area contributed by atoms with Crippen LogP contribution in [0.25, 0.3) is 11.3 Å². The number of unbranched alkanes of at least 4 members (excludes halogenated alkanes) is 1. The lowest BCUT2D eigenvalue weighted by molar-refractivity contribution is 0.0960. The number of benzene rings is 2. The van der Waals surface area contributed by atoms with E-state index in [1.165, 1.54) is 5.69 Å². The highest BCUT2D eigenvalue weighted by atomic mass is 16.4. The van der Waals surface area contributed by atoms with Gasteiger partial charge in [0.25, 0.3) is 5.91 Å². The second-order valence-corrected chi connectivity index (χ2v) is 7.92. The third-order valence-electron chi connectivity index (χ3n) is 5.74. The molecule has 0 atom stereocenters. The zero-order valence-electron chi connectivity index (χ0n) is 18.4. The second-order valence-electron chi connectivity index (χ2n) is 7.92. The minimum Gasteiger partial charge on any atom is -0.451 e. The number of rotatable bonds is 7. The molecule has 6 heteroatoms. The standard InChI is InChI=1S/C26H28N4O2/c1-2-3-16-30(23-10-8-22(9-11-23)29-17-14-28-15-18-29)26(31)25-13-12-24(32-25)21-6-4-20(19-27)5-7-21/h4-13,28H,2-3,14-18H2,1H3. The van der Waals surface area contributed by atoms with Gasteiger partial charge in [-0.15, -0.1) is 0 Å². The highest BCUT2D eigenvalue weighted by Gasteiger charge is 2.21. The molecule has 1 fully saturated rings. The van der Waals surface area contributed by atoms with Crippen LogP contribution in [0.3, 0.4) is 0 Å². The molecule has 1 amide bonds. The summed E-state index contributed by atoms with van der Waals surface area (Å²) in [6.07, 6.45) is 1.91. The van der Waals surface area contributed by atoms with Crippen LogP contribution < -0.4 is 15.1 Å². The molecule has 0 spiro atoms. The van der Waals surface area contributed by atoms with Crippen LogP contribution in [0.4, 0.5) is 11.4 Å². The maximum absolute atomic E-state index is 13.4. The summed E-state index contributed by atoms with van der Waals surface area (Å²) in [5, 5.41) is 12.3. The Kier molecular flexibility index (Phi) is 6.88. The largest absolute Gasteiger partial charge is 0.451 e. The molecule has 0 aliphatic carbocycles. The van der Waals surface area contributed by atoms with Gasteiger partial charge in [0.1, 0.15) is 5.76 Å². The normalized spacial score (nSPS) is 13.6. The quantitative estimate of drug-likeness (QED) is 0.592. The topological polar surface area (TPSA) is 72.5 Å². The van der Waals surface area contributed by atoms with Crippen LogP contribution in [0.15, 0.2) is 65.1 Å². The van der Waals surface area contributed by atoms with Crippen LogP contribution in [0.2, 0.25) is 0 Å². The molecule has 3 aromatic rings. The van der Waals surface area contributed by atoms with Crippen LogP contribution in [0.1, 0.15) is 35.9 Å². The van der Waals surface area contributed by atoms with Gasteiger partial charge in [-0.3, -0.25) is 4.79 Å². The van der Waals surface area contributed by atoms with E-state index in [0.29, 0.717) is 23.6 Å². The minimum absolute atomic E-state index is 0.145. The molecule has 1 aromatic heterocycles. The van der Waals surface area contributed by atoms with Crippen molar-refractivity contribution in [3.63, 3.8) is 0 Å². The summed E-state index contributed by atoms with van der Waals surface area (Å²) in [5.74, 6) is 0.780. The molecule has 0 radical (unpaired) electrons. The average Bonchev–Trinajstić information content (AvgIpc) is 3.35. The Balaban J connectivity index is 1.54. The first kappa shape index (κ1) is 21.7. The summed E-state index contributed by atoms with van der Waals surface area (Å²) < 4.78 is 5.92. The number of carbonyl (C=O) groups is 1. The van der Waals surface area contributed by atoms with E-state index in [-0.39, 0.29) is 5.91 Å². The molecule has 2 heterocycles. The third kappa shape index (κ3) is 4.84. The molecule has 4 rings (SSSR count). The molecule has 1 aliphatic heterocycles. The summed E-state index contributed by atoms with van der Waals surface area (Å²) in [7, 11) is 0. The number of hydrogen-bond donors (Lipinski definition) is 1. The van der Waals surface area contributed by atoms with Gasteiger partial charge in [-0.2, -0.15) is 5.26 Å². The van der Waals surface area contributed by atoms with Crippen molar-refractivity contribution in [2.75, 3.05) is 42.5 Å². The lowest BCUT2D eigenvalue weighted by Crippen LogP contribution is -2.43. The summed E-state index contributed by atoms with van der Waals surface area (Å²) in [4.78, 5) is 17.5. The molecule has 32 heavy (non-hydrogen) atoms. The fraction of sp³-hybridized carbons (Fsp3) is 0.308. The number of amides is 1. The number of nitrogens with one attached hydrogen (secondary N) is 1. The predicted octanol–water partition coefficient (Wildman–Crippen LogP) is 4.67. The van der Waals surface area contributed by atoms with Crippen molar-refractivity contribution in [3.05, 3.63) is 72.0 Å². The Morgan fingerprint density at radius 1 is 1.06 bits per heavy atom. The predicted molar refractivity (Wildman–Crippen MR) is 127 cm³/mol. The van der Waals surface area contributed by atoms with Crippen LogP contribution in [0.5, 0.6) is 0 Å². The molecular weight excluding hydrogens is 400 g/mol. The van der Waals surface area contributed by atoms with Crippen molar-refractivity contribution in [2.24, 2.45) is 0 Å². The number of anilines is 2. The van der Waals surface area contributed by atoms with Crippen molar-refractivity contribution in [3.8, 4) is 17.4 Å². The van der Waals surface area contributed by atoms with Crippen molar-refractivity contribution in [2.45, 2.75) is 19.8 Å². The lowest BCUT2D eigenvalue weighted by atomic mass is 10.1. The molecule has 0 bridgehead atoms. The Morgan fingerprint density at radius 3 is 2.44 bits per heavy atom. The molecule has 1 N–H and O–H groups in total. The molecule has 0 unspecified atom stereocenters. The minimum atomic E-state index is -0.145. The second kappa shape index (κ2) is 10.2. The zero-order chi connectivity index (χ0) is 22.3. The van der Waals surface area contributed by atoms with Gasteiger partial charge in [0.2, 0.25) is 0 Å². The average molecular weight is 429 g/mol. The number of carbonyl (C=O) groups excluding carboxylic acids is 1. The first-order chi connectivity index (χ1) is 15.7. The van der Waals surface area contributed by atoms with Crippen LogP contribution in [0, 0.1) is 11.3 Å². The smallest absolute Gasteiger partial charge is 0.293 e. The van der Waals surface area contributed by atoms with E-state index in [2.05, 4.69) is 35.3 Å². The lowest BCUT2D eigenvalue weighted by Gasteiger charge is -2.30. The Morgan fingerprint density at radius 2 is 1.78 bits per heavy atom. The van der Waals surface area contributed by atoms with Crippen LogP contribution in [-0.4, -0.2) is 38.6 Å². The van der Waals surface area contributed by atoms with Gasteiger partial charge in [0.05, 0.1) is 11.6 Å². The van der Waals surface area contributed by atoms with Crippen molar-refractivity contribution in [1.82, 2.24) is 5.32 Å². The number of hydrogen-bond acceptors (Lipinski definition) is 5. The van der Waals surface area contributed by atoms with Crippen LogP contribution >= 0.6 is 0 Å². The van der Waals surface area contributed by atoms with Gasteiger partial charge in [0, 0.05) is 49.7 Å². The number of furan rings is 1. The Bertz CT molecular complexity index is 1070. The van der Waals surface area contributed by atoms with Gasteiger partial charge in [-0.25, -0.2) is 0 Å². The van der Waals surface area contributed by atoms with Gasteiger partial charge >= 0.3 is 0 Å². The van der Waals surface area contributed by atoms with E-state index in [9.17, 15) is 4.79 Å². The molecule has 1 saturated heterocycles. The van der Waals surface area contributed by atoms with Gasteiger partial charge in [-0.1, -0.05) is 13.3 Å². The first-order valence-corrected chi connectivity index (χ1v) is 11.2. The Labute approximate surface area is 189 Å². The summed E-state index contributed by atoms with van der Waals surface area (Å²) in [6.45, 7) is 6.71. The molecule has 1 aliphatic rings. The van der Waals surface area contributed by atoms with E-state index in [0.717, 1.165) is 50.3 Å². The fourth-order valence-corrected chi connectivity index (χ4v) is 3.88. The van der Waals surface area contributed by atoms with E-state index in [4.69, 9.17) is 9.68 Å². The number of nitrogens with zero attached hydrogens (tertiary/aromatic N) is 3. The number of nitriles is 1. The highest BCUT2D eigenvalue weighted by Crippen LogP contribution is 2.27. The van der Waals surface area contributed by atoms with Gasteiger partial charge < -0.3 is 19.5 Å². The van der Waals surface area contributed by atoms with Gasteiger partial charge in [0.15, 0.2) is 5.76 Å². The first-order valence-electron chi connectivity index (χ1n) is 11.2. The van der Waals surface area contributed by atoms with Gasteiger partial charge in [-0.05, 0) is 67.1 Å². The van der Waals surface area contributed by atoms with Crippen molar-refractivity contribution in [1.29, 1.82) is 5.26 Å². The molecule has 2 aromatic carbocycles.